The first-order valence-electron chi connectivity index (χ1n) is 8.70. The van der Waals surface area contributed by atoms with Crippen molar-refractivity contribution in [2.24, 2.45) is 11.7 Å². The molecule has 1 aromatic carbocycles. The minimum Gasteiger partial charge on any atom is -0.358 e. The molecule has 0 unspecified atom stereocenters. The molecule has 0 bridgehead atoms. The highest BCUT2D eigenvalue weighted by molar-refractivity contribution is 5.76. The molecule has 3 rings (SSSR count). The van der Waals surface area contributed by atoms with Crippen molar-refractivity contribution < 1.29 is 9.72 Å². The molecule has 1 amide bonds. The fourth-order valence-electron chi connectivity index (χ4n) is 3.57. The Labute approximate surface area is 151 Å². The van der Waals surface area contributed by atoms with Gasteiger partial charge >= 0.3 is 5.82 Å². The van der Waals surface area contributed by atoms with Crippen LogP contribution in [-0.4, -0.2) is 44.9 Å². The zero-order valence-electron chi connectivity index (χ0n) is 14.7. The summed E-state index contributed by atoms with van der Waals surface area (Å²) in [5, 5.41) is 10.8. The number of aryl methyl sites for hydroxylation is 2. The summed E-state index contributed by atoms with van der Waals surface area (Å²) in [5.74, 6) is 0.882. The summed E-state index contributed by atoms with van der Waals surface area (Å²) in [6.45, 7) is 3.93. The molecule has 1 aliphatic heterocycles. The number of amides is 1. The number of nitrogens with zero attached hydrogens (tertiary/aromatic N) is 4. The van der Waals surface area contributed by atoms with E-state index in [9.17, 15) is 14.9 Å². The molecule has 2 aromatic rings. The molecule has 0 spiro atoms. The van der Waals surface area contributed by atoms with Crippen molar-refractivity contribution in [1.29, 1.82) is 0 Å². The highest BCUT2D eigenvalue weighted by Crippen LogP contribution is 2.32. The normalized spacial score (nSPS) is 19.7. The smallest absolute Gasteiger partial charge is 0.358 e. The Bertz CT molecular complexity index is 789. The molecule has 8 nitrogen and oxygen atoms in total. The summed E-state index contributed by atoms with van der Waals surface area (Å²) < 4.78 is 1.65. The lowest BCUT2D eigenvalue weighted by Crippen LogP contribution is -2.30. The summed E-state index contributed by atoms with van der Waals surface area (Å²) in [7, 11) is 0. The summed E-state index contributed by atoms with van der Waals surface area (Å²) in [6.07, 6.45) is 1.66. The van der Waals surface area contributed by atoms with E-state index in [2.05, 4.69) is 17.1 Å². The number of nitrogens with two attached hydrogens (primary N) is 1. The van der Waals surface area contributed by atoms with Crippen LogP contribution in [-0.2, 0) is 11.3 Å². The Hall–Kier alpha value is -2.74. The first-order valence-corrected chi connectivity index (χ1v) is 8.70. The molecule has 1 saturated heterocycles. The summed E-state index contributed by atoms with van der Waals surface area (Å²) in [6, 6.07) is 10.1. The van der Waals surface area contributed by atoms with Gasteiger partial charge in [0.15, 0.2) is 0 Å². The zero-order valence-corrected chi connectivity index (χ0v) is 14.7. The number of imidazole rings is 1. The molecule has 2 heterocycles. The third kappa shape index (κ3) is 3.75. The van der Waals surface area contributed by atoms with Crippen LogP contribution in [0, 0.1) is 23.0 Å². The van der Waals surface area contributed by atoms with E-state index in [0.717, 1.165) is 0 Å². The highest BCUT2D eigenvalue weighted by Gasteiger charge is 2.35. The van der Waals surface area contributed by atoms with Crippen LogP contribution in [0.2, 0.25) is 0 Å². The quantitative estimate of drug-likeness (QED) is 0.625. The van der Waals surface area contributed by atoms with Gasteiger partial charge in [0.25, 0.3) is 0 Å². The fourth-order valence-corrected chi connectivity index (χ4v) is 3.57. The second-order valence-corrected chi connectivity index (χ2v) is 6.66. The van der Waals surface area contributed by atoms with Crippen LogP contribution in [0.15, 0.2) is 36.5 Å². The van der Waals surface area contributed by atoms with Gasteiger partial charge in [-0.2, -0.15) is 0 Å². The third-order valence-electron chi connectivity index (χ3n) is 5.04. The lowest BCUT2D eigenvalue weighted by Gasteiger charge is -2.17. The van der Waals surface area contributed by atoms with Gasteiger partial charge in [-0.15, -0.1) is 0 Å². The Morgan fingerprint density at radius 2 is 2.08 bits per heavy atom. The van der Waals surface area contributed by atoms with Gasteiger partial charge < -0.3 is 25.3 Å². The molecule has 0 aliphatic carbocycles. The number of aromatic nitrogens is 2. The highest BCUT2D eigenvalue weighted by atomic mass is 16.6. The van der Waals surface area contributed by atoms with Gasteiger partial charge in [-0.1, -0.05) is 30.3 Å². The molecule has 0 saturated carbocycles. The van der Waals surface area contributed by atoms with Crippen LogP contribution in [0.4, 0.5) is 5.82 Å². The zero-order chi connectivity index (χ0) is 18.7. The van der Waals surface area contributed by atoms with Crippen molar-refractivity contribution in [3.63, 3.8) is 0 Å². The number of likely N-dealkylation sites (tertiary alicyclic amines) is 1. The molecule has 1 fully saturated rings. The minimum atomic E-state index is -0.526. The van der Waals surface area contributed by atoms with Gasteiger partial charge in [-0.3, -0.25) is 4.79 Å². The van der Waals surface area contributed by atoms with Crippen LogP contribution in [0.25, 0.3) is 0 Å². The molecule has 2 N–H and O–H groups in total. The van der Waals surface area contributed by atoms with Crippen LogP contribution >= 0.6 is 0 Å². The second-order valence-electron chi connectivity index (χ2n) is 6.66. The van der Waals surface area contributed by atoms with Gasteiger partial charge in [-0.25, -0.2) is 0 Å². The maximum atomic E-state index is 12.6. The molecular formula is C18H23N5O3. The standard InChI is InChI=1S/C18H23N5O3/c1-13-20-17(23(25)26)12-21(13)8-7-18(24)22-10-15(9-19)16(11-22)14-5-3-2-4-6-14/h2-6,12,15-16H,7-11,19H2,1H3/t15-,16+/m1/s1. The molecule has 26 heavy (non-hydrogen) atoms. The molecule has 138 valence electrons. The fraction of sp³-hybridized carbons (Fsp3) is 0.444. The van der Waals surface area contributed by atoms with E-state index in [0.29, 0.717) is 32.0 Å². The van der Waals surface area contributed by atoms with E-state index in [-0.39, 0.29) is 30.0 Å². The SMILES string of the molecule is Cc1nc([N+](=O)[O-])cn1CCC(=O)N1C[C@@H](CN)[C@H](c2ccccc2)C1. The number of carbonyl (C=O) groups is 1. The number of carbonyl (C=O) groups excluding carboxylic acids is 1. The predicted molar refractivity (Wildman–Crippen MR) is 96.5 cm³/mol. The van der Waals surface area contributed by atoms with Crippen molar-refractivity contribution in [2.75, 3.05) is 19.6 Å². The topological polar surface area (TPSA) is 107 Å². The van der Waals surface area contributed by atoms with Gasteiger partial charge in [0, 0.05) is 38.9 Å². The largest absolute Gasteiger partial charge is 0.381 e. The van der Waals surface area contributed by atoms with Crippen LogP contribution in [0.5, 0.6) is 0 Å². The average molecular weight is 357 g/mol. The molecule has 2 atom stereocenters. The Balaban J connectivity index is 1.63. The number of hydrogen-bond donors (Lipinski definition) is 1. The van der Waals surface area contributed by atoms with E-state index in [4.69, 9.17) is 5.73 Å². The number of rotatable bonds is 6. The molecule has 1 aromatic heterocycles. The monoisotopic (exact) mass is 357 g/mol. The summed E-state index contributed by atoms with van der Waals surface area (Å²) in [4.78, 5) is 28.6. The second kappa shape index (κ2) is 7.65. The third-order valence-corrected chi connectivity index (χ3v) is 5.04. The van der Waals surface area contributed by atoms with Crippen molar-refractivity contribution in [3.8, 4) is 0 Å². The Morgan fingerprint density at radius 1 is 1.35 bits per heavy atom. The minimum absolute atomic E-state index is 0.0395. The van der Waals surface area contributed by atoms with Crippen molar-refractivity contribution >= 4 is 11.7 Å². The van der Waals surface area contributed by atoms with E-state index in [1.165, 1.54) is 11.8 Å². The van der Waals surface area contributed by atoms with E-state index < -0.39 is 4.92 Å². The van der Waals surface area contributed by atoms with Crippen molar-refractivity contribution in [3.05, 3.63) is 58.0 Å². The first-order chi connectivity index (χ1) is 12.5. The Morgan fingerprint density at radius 3 is 2.69 bits per heavy atom. The molecule has 8 heteroatoms. The van der Waals surface area contributed by atoms with Gasteiger partial charge in [0.1, 0.15) is 6.20 Å². The van der Waals surface area contributed by atoms with Crippen LogP contribution in [0.3, 0.4) is 0 Å². The molecular weight excluding hydrogens is 334 g/mol. The van der Waals surface area contributed by atoms with Gasteiger partial charge in [0.2, 0.25) is 11.7 Å². The van der Waals surface area contributed by atoms with Crippen molar-refractivity contribution in [2.45, 2.75) is 25.8 Å². The average Bonchev–Trinajstić information content (AvgIpc) is 3.24. The van der Waals surface area contributed by atoms with Gasteiger partial charge in [0.05, 0.1) is 0 Å². The number of benzene rings is 1. The Kier molecular flexibility index (Phi) is 5.32. The predicted octanol–water partition coefficient (Wildman–Crippen LogP) is 1.69. The van der Waals surface area contributed by atoms with E-state index in [1.807, 2.05) is 23.1 Å². The van der Waals surface area contributed by atoms with E-state index in [1.54, 1.807) is 11.5 Å². The number of nitro groups is 1. The maximum absolute atomic E-state index is 12.6. The lowest BCUT2D eigenvalue weighted by atomic mass is 9.89. The first kappa shape index (κ1) is 18.1. The molecule has 1 aliphatic rings. The lowest BCUT2D eigenvalue weighted by molar-refractivity contribution is -0.389. The molecule has 0 radical (unpaired) electrons. The summed E-state index contributed by atoms with van der Waals surface area (Å²) >= 11 is 0. The van der Waals surface area contributed by atoms with Crippen LogP contribution in [0.1, 0.15) is 23.7 Å². The number of hydrogen-bond acceptors (Lipinski definition) is 5. The maximum Gasteiger partial charge on any atom is 0.381 e. The van der Waals surface area contributed by atoms with Crippen molar-refractivity contribution in [1.82, 2.24) is 14.5 Å². The van der Waals surface area contributed by atoms with E-state index >= 15 is 0 Å². The van der Waals surface area contributed by atoms with Crippen LogP contribution < -0.4 is 5.73 Å². The summed E-state index contributed by atoms with van der Waals surface area (Å²) in [5.41, 5.74) is 7.13. The van der Waals surface area contributed by atoms with Gasteiger partial charge in [-0.05, 0) is 27.9 Å².